The standard InChI is InChI=1S/C15H23NO3/c1-12-3-5-14(6-4-12)19-10-13(18)9-16-15(11-17)7-2-8-15/h3-6,13,16-18H,2,7-11H2,1H3. The molecule has 0 aromatic heterocycles. The zero-order valence-corrected chi connectivity index (χ0v) is 11.4. The molecule has 0 spiro atoms. The average molecular weight is 265 g/mol. The lowest BCUT2D eigenvalue weighted by Gasteiger charge is -2.41. The number of rotatable bonds is 7. The molecule has 1 atom stereocenters. The number of ether oxygens (including phenoxy) is 1. The Morgan fingerprint density at radius 2 is 2.00 bits per heavy atom. The number of aliphatic hydroxyl groups excluding tert-OH is 2. The van der Waals surface area contributed by atoms with Crippen molar-refractivity contribution in [1.82, 2.24) is 5.32 Å². The molecule has 1 aliphatic carbocycles. The first-order chi connectivity index (χ1) is 9.13. The van der Waals surface area contributed by atoms with Crippen LogP contribution in [0.5, 0.6) is 5.75 Å². The average Bonchev–Trinajstić information content (AvgIpc) is 2.37. The summed E-state index contributed by atoms with van der Waals surface area (Å²) < 4.78 is 5.52. The van der Waals surface area contributed by atoms with Gasteiger partial charge in [-0.25, -0.2) is 0 Å². The molecule has 1 aliphatic rings. The Hall–Kier alpha value is -1.10. The number of β-amino-alcohol motifs (C(OH)–C–C–N with tert-alkyl or cyclic N) is 1. The van der Waals surface area contributed by atoms with Crippen LogP contribution in [-0.2, 0) is 0 Å². The zero-order valence-electron chi connectivity index (χ0n) is 11.4. The van der Waals surface area contributed by atoms with Gasteiger partial charge in [0.1, 0.15) is 18.5 Å². The van der Waals surface area contributed by atoms with Crippen molar-refractivity contribution in [2.75, 3.05) is 19.8 Å². The fraction of sp³-hybridized carbons (Fsp3) is 0.600. The first-order valence-electron chi connectivity index (χ1n) is 6.87. The number of nitrogens with one attached hydrogen (secondary N) is 1. The molecule has 4 heteroatoms. The first kappa shape index (κ1) is 14.3. The van der Waals surface area contributed by atoms with E-state index in [-0.39, 0.29) is 18.8 Å². The van der Waals surface area contributed by atoms with E-state index in [1.54, 1.807) is 0 Å². The molecule has 0 saturated heterocycles. The van der Waals surface area contributed by atoms with Crippen molar-refractivity contribution in [1.29, 1.82) is 0 Å². The number of hydrogen-bond acceptors (Lipinski definition) is 4. The molecule has 106 valence electrons. The van der Waals surface area contributed by atoms with Crippen molar-refractivity contribution in [3.8, 4) is 5.75 Å². The van der Waals surface area contributed by atoms with Crippen molar-refractivity contribution >= 4 is 0 Å². The number of benzene rings is 1. The quantitative estimate of drug-likeness (QED) is 0.694. The van der Waals surface area contributed by atoms with E-state index in [0.29, 0.717) is 6.54 Å². The molecule has 0 amide bonds. The summed E-state index contributed by atoms with van der Waals surface area (Å²) in [5, 5.41) is 22.4. The lowest BCUT2D eigenvalue weighted by atomic mass is 9.77. The van der Waals surface area contributed by atoms with Gasteiger partial charge in [0.15, 0.2) is 0 Å². The third-order valence-electron chi connectivity index (χ3n) is 3.79. The van der Waals surface area contributed by atoms with E-state index in [4.69, 9.17) is 4.74 Å². The highest BCUT2D eigenvalue weighted by Crippen LogP contribution is 2.30. The van der Waals surface area contributed by atoms with Crippen LogP contribution in [0.2, 0.25) is 0 Å². The van der Waals surface area contributed by atoms with E-state index >= 15 is 0 Å². The fourth-order valence-corrected chi connectivity index (χ4v) is 2.21. The molecule has 0 aliphatic heterocycles. The zero-order chi connectivity index (χ0) is 13.7. The minimum absolute atomic E-state index is 0.137. The highest BCUT2D eigenvalue weighted by atomic mass is 16.5. The summed E-state index contributed by atoms with van der Waals surface area (Å²) in [7, 11) is 0. The Bertz CT molecular complexity index is 381. The fourth-order valence-electron chi connectivity index (χ4n) is 2.21. The molecule has 1 fully saturated rings. The highest BCUT2D eigenvalue weighted by Gasteiger charge is 2.35. The van der Waals surface area contributed by atoms with E-state index in [9.17, 15) is 10.2 Å². The summed E-state index contributed by atoms with van der Waals surface area (Å²) in [5.41, 5.74) is 1.02. The molecule has 0 radical (unpaired) electrons. The Kier molecular flexibility index (Phi) is 4.80. The molecule has 1 aromatic rings. The van der Waals surface area contributed by atoms with Gasteiger partial charge in [0, 0.05) is 12.1 Å². The minimum Gasteiger partial charge on any atom is -0.491 e. The van der Waals surface area contributed by atoms with Crippen molar-refractivity contribution in [3.63, 3.8) is 0 Å². The van der Waals surface area contributed by atoms with Crippen LogP contribution in [0.1, 0.15) is 24.8 Å². The van der Waals surface area contributed by atoms with Crippen molar-refractivity contribution in [3.05, 3.63) is 29.8 Å². The lowest BCUT2D eigenvalue weighted by molar-refractivity contribution is 0.0540. The summed E-state index contributed by atoms with van der Waals surface area (Å²) in [6.45, 7) is 2.87. The van der Waals surface area contributed by atoms with E-state index in [2.05, 4.69) is 5.32 Å². The Balaban J connectivity index is 1.69. The number of aliphatic hydroxyl groups is 2. The SMILES string of the molecule is Cc1ccc(OCC(O)CNC2(CO)CCC2)cc1. The summed E-state index contributed by atoms with van der Waals surface area (Å²) in [6.07, 6.45) is 2.54. The Labute approximate surface area is 114 Å². The molecule has 1 aromatic carbocycles. The maximum Gasteiger partial charge on any atom is 0.119 e. The predicted octanol–water partition coefficient (Wildman–Crippen LogP) is 1.24. The third kappa shape index (κ3) is 3.93. The molecule has 1 saturated carbocycles. The monoisotopic (exact) mass is 265 g/mol. The minimum atomic E-state index is -0.565. The molecule has 0 heterocycles. The largest absolute Gasteiger partial charge is 0.491 e. The van der Waals surface area contributed by atoms with Gasteiger partial charge in [-0.05, 0) is 38.3 Å². The lowest BCUT2D eigenvalue weighted by Crippen LogP contribution is -2.56. The summed E-state index contributed by atoms with van der Waals surface area (Å²) >= 11 is 0. The maximum atomic E-state index is 9.87. The van der Waals surface area contributed by atoms with Crippen LogP contribution in [0.4, 0.5) is 0 Å². The van der Waals surface area contributed by atoms with E-state index in [1.165, 1.54) is 5.56 Å². The van der Waals surface area contributed by atoms with Crippen LogP contribution in [0.25, 0.3) is 0 Å². The molecule has 2 rings (SSSR count). The summed E-state index contributed by atoms with van der Waals surface area (Å²) in [4.78, 5) is 0. The second-order valence-corrected chi connectivity index (χ2v) is 5.45. The van der Waals surface area contributed by atoms with Crippen molar-refractivity contribution in [2.24, 2.45) is 0 Å². The van der Waals surface area contributed by atoms with Gasteiger partial charge in [-0.3, -0.25) is 0 Å². The van der Waals surface area contributed by atoms with Crippen LogP contribution in [0.15, 0.2) is 24.3 Å². The van der Waals surface area contributed by atoms with Gasteiger partial charge in [-0.15, -0.1) is 0 Å². The van der Waals surface area contributed by atoms with Crippen LogP contribution in [0.3, 0.4) is 0 Å². The molecule has 0 bridgehead atoms. The van der Waals surface area contributed by atoms with Gasteiger partial charge in [-0.1, -0.05) is 17.7 Å². The molecular weight excluding hydrogens is 242 g/mol. The second kappa shape index (κ2) is 6.37. The molecule has 1 unspecified atom stereocenters. The van der Waals surface area contributed by atoms with E-state index < -0.39 is 6.10 Å². The van der Waals surface area contributed by atoms with Gasteiger partial charge < -0.3 is 20.3 Å². The van der Waals surface area contributed by atoms with Gasteiger partial charge in [-0.2, -0.15) is 0 Å². The normalized spacial score (nSPS) is 18.7. The maximum absolute atomic E-state index is 9.87. The van der Waals surface area contributed by atoms with Crippen LogP contribution in [-0.4, -0.2) is 41.6 Å². The molecule has 3 N–H and O–H groups in total. The second-order valence-electron chi connectivity index (χ2n) is 5.45. The van der Waals surface area contributed by atoms with Crippen molar-refractivity contribution in [2.45, 2.75) is 37.8 Å². The predicted molar refractivity (Wildman–Crippen MR) is 74.4 cm³/mol. The molecule has 19 heavy (non-hydrogen) atoms. The van der Waals surface area contributed by atoms with Gasteiger partial charge in [0.05, 0.1) is 6.61 Å². The van der Waals surface area contributed by atoms with E-state index in [1.807, 2.05) is 31.2 Å². The highest BCUT2D eigenvalue weighted by molar-refractivity contribution is 5.26. The van der Waals surface area contributed by atoms with Crippen LogP contribution in [0, 0.1) is 6.92 Å². The smallest absolute Gasteiger partial charge is 0.119 e. The first-order valence-corrected chi connectivity index (χ1v) is 6.87. The summed E-state index contributed by atoms with van der Waals surface area (Å²) in [5.74, 6) is 0.769. The third-order valence-corrected chi connectivity index (χ3v) is 3.79. The molecular formula is C15H23NO3. The van der Waals surface area contributed by atoms with E-state index in [0.717, 1.165) is 25.0 Å². The van der Waals surface area contributed by atoms with Gasteiger partial charge >= 0.3 is 0 Å². The van der Waals surface area contributed by atoms with Crippen LogP contribution >= 0.6 is 0 Å². The number of hydrogen-bond donors (Lipinski definition) is 3. The topological polar surface area (TPSA) is 61.7 Å². The van der Waals surface area contributed by atoms with Gasteiger partial charge in [0.25, 0.3) is 0 Å². The van der Waals surface area contributed by atoms with Gasteiger partial charge in [0.2, 0.25) is 0 Å². The Morgan fingerprint density at radius 1 is 1.32 bits per heavy atom. The molecule has 4 nitrogen and oxygen atoms in total. The van der Waals surface area contributed by atoms with Crippen molar-refractivity contribution < 1.29 is 14.9 Å². The number of aryl methyl sites for hydroxylation is 1. The Morgan fingerprint density at radius 3 is 2.53 bits per heavy atom. The summed E-state index contributed by atoms with van der Waals surface area (Å²) in [6, 6.07) is 7.76. The van der Waals surface area contributed by atoms with Crippen LogP contribution < -0.4 is 10.1 Å².